The van der Waals surface area contributed by atoms with Gasteiger partial charge in [0.05, 0.1) is 6.04 Å². The molecule has 6 heteroatoms. The van der Waals surface area contributed by atoms with Crippen molar-refractivity contribution < 1.29 is 19.2 Å². The van der Waals surface area contributed by atoms with Gasteiger partial charge in [-0.3, -0.25) is 14.6 Å². The molecule has 158 valence electrons. The van der Waals surface area contributed by atoms with Crippen molar-refractivity contribution in [2.75, 3.05) is 0 Å². The highest BCUT2D eigenvalue weighted by atomic mass is 16.2. The molecule has 1 atom stereocenters. The second-order valence-corrected chi connectivity index (χ2v) is 7.42. The number of carbonyl (C=O) groups excluding carboxylic acids is 4. The van der Waals surface area contributed by atoms with Crippen molar-refractivity contribution in [3.8, 4) is 11.8 Å². The van der Waals surface area contributed by atoms with Crippen molar-refractivity contribution in [2.24, 2.45) is 0 Å². The van der Waals surface area contributed by atoms with Gasteiger partial charge in [-0.25, -0.2) is 0 Å². The van der Waals surface area contributed by atoms with E-state index in [1.54, 1.807) is 24.4 Å². The van der Waals surface area contributed by atoms with Gasteiger partial charge in [0.15, 0.2) is 6.29 Å². The lowest BCUT2D eigenvalue weighted by Crippen LogP contribution is -2.36. The third kappa shape index (κ3) is 5.52. The number of rotatable bonds is 10. The van der Waals surface area contributed by atoms with Crippen LogP contribution in [0.5, 0.6) is 0 Å². The van der Waals surface area contributed by atoms with E-state index in [1.165, 1.54) is 4.90 Å². The Balaban J connectivity index is 1.57. The van der Waals surface area contributed by atoms with Crippen LogP contribution in [0, 0.1) is 11.8 Å². The molecular weight excluding hydrogens is 392 g/mol. The van der Waals surface area contributed by atoms with E-state index in [-0.39, 0.29) is 12.3 Å². The van der Waals surface area contributed by atoms with Gasteiger partial charge in [-0.2, -0.15) is 0 Å². The van der Waals surface area contributed by atoms with Crippen molar-refractivity contribution in [3.63, 3.8) is 0 Å². The Morgan fingerprint density at radius 2 is 2.00 bits per heavy atom. The summed E-state index contributed by atoms with van der Waals surface area (Å²) in [5, 5.41) is 0. The molecule has 0 fully saturated rings. The first-order chi connectivity index (χ1) is 15.2. The van der Waals surface area contributed by atoms with Crippen molar-refractivity contribution >= 4 is 24.8 Å². The molecule has 1 aliphatic heterocycles. The van der Waals surface area contributed by atoms with Crippen molar-refractivity contribution in [3.05, 3.63) is 64.5 Å². The Bertz CT molecular complexity index is 1020. The Kier molecular flexibility index (Phi) is 7.83. The van der Waals surface area contributed by atoms with Crippen LogP contribution < -0.4 is 0 Å². The van der Waals surface area contributed by atoms with Crippen molar-refractivity contribution in [2.45, 2.75) is 51.1 Å². The fourth-order valence-corrected chi connectivity index (χ4v) is 3.61. The zero-order valence-electron chi connectivity index (χ0n) is 17.3. The molecule has 0 N–H and O–H groups in total. The molecule has 0 bridgehead atoms. The van der Waals surface area contributed by atoms with Gasteiger partial charge in [0.1, 0.15) is 12.6 Å². The molecule has 2 heterocycles. The Hall–Kier alpha value is -3.59. The number of fused-ring (bicyclic) bond motifs is 1. The summed E-state index contributed by atoms with van der Waals surface area (Å²) < 4.78 is 0. The molecule has 1 aromatic carbocycles. The number of amides is 1. The van der Waals surface area contributed by atoms with Crippen LogP contribution in [0.3, 0.4) is 0 Å². The summed E-state index contributed by atoms with van der Waals surface area (Å²) in [5.74, 6) is 6.17. The van der Waals surface area contributed by atoms with E-state index in [0.717, 1.165) is 61.4 Å². The van der Waals surface area contributed by atoms with Gasteiger partial charge in [0.2, 0.25) is 0 Å². The van der Waals surface area contributed by atoms with Gasteiger partial charge >= 0.3 is 0 Å². The van der Waals surface area contributed by atoms with Crippen molar-refractivity contribution in [1.29, 1.82) is 0 Å². The minimum absolute atomic E-state index is 0.185. The summed E-state index contributed by atoms with van der Waals surface area (Å²) in [4.78, 5) is 51.2. The number of hydrogen-bond donors (Lipinski definition) is 0. The molecule has 0 spiro atoms. The Morgan fingerprint density at radius 1 is 1.13 bits per heavy atom. The maximum Gasteiger partial charge on any atom is 0.255 e. The second-order valence-electron chi connectivity index (χ2n) is 7.42. The zero-order chi connectivity index (χ0) is 22.1. The number of hydrogen-bond acceptors (Lipinski definition) is 5. The van der Waals surface area contributed by atoms with Crippen LogP contribution in [0.4, 0.5) is 0 Å². The molecule has 0 aliphatic carbocycles. The normalized spacial score (nSPS) is 13.2. The third-order valence-electron chi connectivity index (χ3n) is 5.32. The molecule has 1 amide bonds. The van der Waals surface area contributed by atoms with Crippen LogP contribution >= 0.6 is 0 Å². The van der Waals surface area contributed by atoms with E-state index >= 15 is 0 Å². The molecule has 1 aromatic heterocycles. The molecule has 2 aromatic rings. The zero-order valence-corrected chi connectivity index (χ0v) is 17.3. The molecule has 31 heavy (non-hydrogen) atoms. The van der Waals surface area contributed by atoms with Crippen LogP contribution in [0.2, 0.25) is 0 Å². The summed E-state index contributed by atoms with van der Waals surface area (Å²) in [6.07, 6.45) is 7.86. The number of pyridine rings is 1. The average molecular weight is 416 g/mol. The fraction of sp³-hybridized carbons (Fsp3) is 0.320. The number of benzene rings is 1. The molecule has 1 aliphatic rings. The van der Waals surface area contributed by atoms with Gasteiger partial charge in [-0.05, 0) is 55.5 Å². The largest absolute Gasteiger partial charge is 0.324 e. The minimum Gasteiger partial charge on any atom is -0.324 e. The average Bonchev–Trinajstić information content (AvgIpc) is 3.14. The fourth-order valence-electron chi connectivity index (χ4n) is 3.61. The van der Waals surface area contributed by atoms with E-state index in [4.69, 9.17) is 0 Å². The monoisotopic (exact) mass is 416 g/mol. The molecule has 0 radical (unpaired) electrons. The quantitative estimate of drug-likeness (QED) is 0.337. The maximum atomic E-state index is 12.7. The van der Waals surface area contributed by atoms with E-state index in [0.29, 0.717) is 24.1 Å². The first kappa shape index (κ1) is 22.1. The Morgan fingerprint density at radius 3 is 2.71 bits per heavy atom. The maximum absolute atomic E-state index is 12.7. The number of unbranched alkanes of at least 4 members (excludes halogenated alkanes) is 2. The summed E-state index contributed by atoms with van der Waals surface area (Å²) in [6.45, 7) is 0.337. The van der Waals surface area contributed by atoms with Crippen LogP contribution in [0.25, 0.3) is 0 Å². The predicted octanol–water partition coefficient (Wildman–Crippen LogP) is 3.16. The van der Waals surface area contributed by atoms with Gasteiger partial charge in [-0.1, -0.05) is 17.9 Å². The van der Waals surface area contributed by atoms with Crippen LogP contribution in [-0.2, 0) is 22.6 Å². The van der Waals surface area contributed by atoms with Gasteiger partial charge in [-0.15, -0.1) is 0 Å². The topological polar surface area (TPSA) is 84.4 Å². The SMILES string of the molecule is O=CCCC(C=O)N1Cc2c(C#CCCCCc3ccc(C=O)cn3)cccc2C1=O. The number of carbonyl (C=O) groups is 4. The van der Waals surface area contributed by atoms with Gasteiger partial charge in [0.25, 0.3) is 5.91 Å². The third-order valence-corrected chi connectivity index (χ3v) is 5.32. The molecule has 6 nitrogen and oxygen atoms in total. The van der Waals surface area contributed by atoms with E-state index in [9.17, 15) is 19.2 Å². The van der Waals surface area contributed by atoms with Gasteiger partial charge < -0.3 is 14.5 Å². The molecular formula is C25H24N2O4. The molecule has 3 rings (SSSR count). The second kappa shape index (κ2) is 11.0. The predicted molar refractivity (Wildman–Crippen MR) is 116 cm³/mol. The summed E-state index contributed by atoms with van der Waals surface area (Å²) in [5.41, 5.74) is 3.76. The smallest absolute Gasteiger partial charge is 0.255 e. The Labute approximate surface area is 181 Å². The first-order valence-electron chi connectivity index (χ1n) is 10.4. The number of aryl methyl sites for hydroxylation is 1. The molecule has 1 unspecified atom stereocenters. The summed E-state index contributed by atoms with van der Waals surface area (Å²) in [6, 6.07) is 8.49. The standard InChI is InChI=1S/C25H24N2O4/c28-14-6-10-22(18-30)27-16-24-20(8-5-11-23(24)25(27)31)7-3-1-2-4-9-21-13-12-19(17-29)15-26-21/h5,8,11-15,17-18,22H,1-2,4,6,9-10,16H2. The minimum atomic E-state index is -0.597. The highest BCUT2D eigenvalue weighted by molar-refractivity contribution is 6.00. The summed E-state index contributed by atoms with van der Waals surface area (Å²) >= 11 is 0. The highest BCUT2D eigenvalue weighted by Crippen LogP contribution is 2.28. The lowest BCUT2D eigenvalue weighted by Gasteiger charge is -2.22. The lowest BCUT2D eigenvalue weighted by atomic mass is 10.0. The van der Waals surface area contributed by atoms with Crippen LogP contribution in [-0.4, -0.2) is 40.7 Å². The van der Waals surface area contributed by atoms with Gasteiger partial charge in [0, 0.05) is 48.0 Å². The number of nitrogens with zero attached hydrogens (tertiary/aromatic N) is 2. The van der Waals surface area contributed by atoms with Crippen molar-refractivity contribution in [1.82, 2.24) is 9.88 Å². The van der Waals surface area contributed by atoms with E-state index in [2.05, 4.69) is 16.8 Å². The number of aromatic nitrogens is 1. The highest BCUT2D eigenvalue weighted by Gasteiger charge is 2.33. The van der Waals surface area contributed by atoms with E-state index in [1.807, 2.05) is 12.1 Å². The molecule has 0 saturated carbocycles. The summed E-state index contributed by atoms with van der Waals surface area (Å²) in [7, 11) is 0. The van der Waals surface area contributed by atoms with Crippen LogP contribution in [0.1, 0.15) is 69.6 Å². The molecule has 0 saturated heterocycles. The number of aldehydes is 3. The van der Waals surface area contributed by atoms with Crippen LogP contribution in [0.15, 0.2) is 36.5 Å². The van der Waals surface area contributed by atoms with E-state index < -0.39 is 6.04 Å². The lowest BCUT2D eigenvalue weighted by molar-refractivity contribution is -0.112. The first-order valence-corrected chi connectivity index (χ1v) is 10.4.